The Labute approximate surface area is 94.7 Å². The lowest BCUT2D eigenvalue weighted by Gasteiger charge is -2.06. The van der Waals surface area contributed by atoms with E-state index in [4.69, 9.17) is 0 Å². The first kappa shape index (κ1) is 11.3. The third kappa shape index (κ3) is 2.88. The Balaban J connectivity index is 2.20. The van der Waals surface area contributed by atoms with Gasteiger partial charge in [0.2, 0.25) is 0 Å². The molecule has 0 atom stereocenters. The summed E-state index contributed by atoms with van der Waals surface area (Å²) >= 11 is -0.0252. The molecule has 0 saturated carbocycles. The molecule has 84 valence electrons. The van der Waals surface area contributed by atoms with E-state index < -0.39 is 5.51 Å². The second-order valence-electron chi connectivity index (χ2n) is 3.26. The Kier molecular flexibility index (Phi) is 3.05. The van der Waals surface area contributed by atoms with Gasteiger partial charge in [-0.1, -0.05) is 12.1 Å². The monoisotopic (exact) mass is 243 g/mol. The summed E-state index contributed by atoms with van der Waals surface area (Å²) in [6.07, 6.45) is 1.66. The maximum atomic E-state index is 12.0. The van der Waals surface area contributed by atoms with Crippen LogP contribution in [0.4, 0.5) is 13.2 Å². The summed E-state index contributed by atoms with van der Waals surface area (Å²) in [6, 6.07) is 8.75. The van der Waals surface area contributed by atoms with Crippen LogP contribution in [-0.2, 0) is 5.75 Å². The highest BCUT2D eigenvalue weighted by atomic mass is 32.2. The summed E-state index contributed by atoms with van der Waals surface area (Å²) in [6.45, 7) is 0. The first-order valence-corrected chi connectivity index (χ1v) is 5.57. The predicted molar refractivity (Wildman–Crippen MR) is 59.1 cm³/mol. The minimum atomic E-state index is -4.18. The van der Waals surface area contributed by atoms with Crippen LogP contribution >= 0.6 is 11.8 Å². The summed E-state index contributed by atoms with van der Waals surface area (Å²) in [4.78, 5) is 4.10. The average molecular weight is 243 g/mol. The summed E-state index contributed by atoms with van der Waals surface area (Å²) in [5.74, 6) is -0.0612. The van der Waals surface area contributed by atoms with Gasteiger partial charge in [-0.25, -0.2) is 0 Å². The molecular formula is C11H8F3NS. The lowest BCUT2D eigenvalue weighted by molar-refractivity contribution is -0.0329. The van der Waals surface area contributed by atoms with Gasteiger partial charge in [0.25, 0.3) is 0 Å². The van der Waals surface area contributed by atoms with Crippen LogP contribution in [0.3, 0.4) is 0 Å². The molecule has 2 rings (SSSR count). The molecule has 2 aromatic rings. The molecule has 0 amide bonds. The zero-order valence-electron chi connectivity index (χ0n) is 8.16. The van der Waals surface area contributed by atoms with E-state index in [1.807, 2.05) is 6.07 Å². The van der Waals surface area contributed by atoms with Gasteiger partial charge in [0.05, 0.1) is 5.52 Å². The molecule has 0 bridgehead atoms. The number of fused-ring (bicyclic) bond motifs is 1. The number of hydrogen-bond acceptors (Lipinski definition) is 2. The zero-order valence-corrected chi connectivity index (χ0v) is 8.98. The van der Waals surface area contributed by atoms with Crippen molar-refractivity contribution in [1.82, 2.24) is 4.98 Å². The van der Waals surface area contributed by atoms with E-state index in [-0.39, 0.29) is 17.5 Å². The Morgan fingerprint density at radius 3 is 2.75 bits per heavy atom. The van der Waals surface area contributed by atoms with Crippen molar-refractivity contribution in [3.63, 3.8) is 0 Å². The fraction of sp³-hybridized carbons (Fsp3) is 0.182. The van der Waals surface area contributed by atoms with Crippen LogP contribution < -0.4 is 0 Å². The van der Waals surface area contributed by atoms with E-state index in [0.717, 1.165) is 10.9 Å². The molecule has 1 aromatic heterocycles. The van der Waals surface area contributed by atoms with Gasteiger partial charge < -0.3 is 0 Å². The number of thioether (sulfide) groups is 1. The van der Waals surface area contributed by atoms with Crippen molar-refractivity contribution in [3.8, 4) is 0 Å². The fourth-order valence-electron chi connectivity index (χ4n) is 1.38. The van der Waals surface area contributed by atoms with Gasteiger partial charge in [-0.3, -0.25) is 4.98 Å². The minimum absolute atomic E-state index is 0.0252. The third-order valence-corrected chi connectivity index (χ3v) is 2.87. The Morgan fingerprint density at radius 2 is 2.00 bits per heavy atom. The van der Waals surface area contributed by atoms with Crippen molar-refractivity contribution in [3.05, 3.63) is 42.1 Å². The molecule has 0 aliphatic heterocycles. The maximum Gasteiger partial charge on any atom is 0.442 e. The minimum Gasteiger partial charge on any atom is -0.256 e. The number of hydrogen-bond donors (Lipinski definition) is 0. The van der Waals surface area contributed by atoms with Gasteiger partial charge >= 0.3 is 5.51 Å². The third-order valence-electron chi connectivity index (χ3n) is 2.07. The molecule has 0 saturated heterocycles. The summed E-state index contributed by atoms with van der Waals surface area (Å²) in [5.41, 5.74) is -2.73. The van der Waals surface area contributed by atoms with Crippen molar-refractivity contribution in [2.45, 2.75) is 11.3 Å². The molecule has 0 fully saturated rings. The highest BCUT2D eigenvalue weighted by molar-refractivity contribution is 7.99. The number of alkyl halides is 3. The number of pyridine rings is 1. The Bertz CT molecular complexity index is 496. The van der Waals surface area contributed by atoms with Crippen LogP contribution in [0, 0.1) is 0 Å². The highest BCUT2D eigenvalue weighted by Gasteiger charge is 2.27. The lowest BCUT2D eigenvalue weighted by atomic mass is 10.1. The van der Waals surface area contributed by atoms with E-state index >= 15 is 0 Å². The largest absolute Gasteiger partial charge is 0.442 e. The van der Waals surface area contributed by atoms with Crippen LogP contribution in [0.15, 0.2) is 36.5 Å². The smallest absolute Gasteiger partial charge is 0.256 e. The standard InChI is InChI=1S/C11H8F3NS/c12-11(13,14)16-7-8-3-4-10-9(6-8)2-1-5-15-10/h1-6H,7H2. The maximum absolute atomic E-state index is 12.0. The van der Waals surface area contributed by atoms with Crippen molar-refractivity contribution < 1.29 is 13.2 Å². The first-order chi connectivity index (χ1) is 7.54. The fourth-order valence-corrected chi connectivity index (χ4v) is 1.89. The summed E-state index contributed by atoms with van der Waals surface area (Å²) in [7, 11) is 0. The van der Waals surface area contributed by atoms with Gasteiger partial charge in [-0.15, -0.1) is 0 Å². The number of halogens is 3. The van der Waals surface area contributed by atoms with Gasteiger partial charge in [0, 0.05) is 17.3 Å². The molecule has 5 heteroatoms. The Hall–Kier alpha value is -1.23. The predicted octanol–water partition coefficient (Wildman–Crippen LogP) is 3.99. The van der Waals surface area contributed by atoms with E-state index in [1.54, 1.807) is 30.5 Å². The van der Waals surface area contributed by atoms with E-state index in [2.05, 4.69) is 4.98 Å². The van der Waals surface area contributed by atoms with Crippen molar-refractivity contribution in [2.24, 2.45) is 0 Å². The molecule has 1 nitrogen and oxygen atoms in total. The molecule has 16 heavy (non-hydrogen) atoms. The second-order valence-corrected chi connectivity index (χ2v) is 4.31. The van der Waals surface area contributed by atoms with E-state index in [9.17, 15) is 13.2 Å². The summed E-state index contributed by atoms with van der Waals surface area (Å²) < 4.78 is 36.0. The molecular weight excluding hydrogens is 235 g/mol. The second kappa shape index (κ2) is 4.33. The van der Waals surface area contributed by atoms with Crippen LogP contribution in [0.2, 0.25) is 0 Å². The number of benzene rings is 1. The lowest BCUT2D eigenvalue weighted by Crippen LogP contribution is -2.00. The van der Waals surface area contributed by atoms with Crippen molar-refractivity contribution >= 4 is 22.7 Å². The summed E-state index contributed by atoms with van der Waals surface area (Å²) in [5, 5.41) is 0.864. The Morgan fingerprint density at radius 1 is 1.19 bits per heavy atom. The molecule has 0 radical (unpaired) electrons. The van der Waals surface area contributed by atoms with Gasteiger partial charge in [0.1, 0.15) is 0 Å². The average Bonchev–Trinajstić information content (AvgIpc) is 2.25. The molecule has 0 N–H and O–H groups in total. The quantitative estimate of drug-likeness (QED) is 0.791. The van der Waals surface area contributed by atoms with Crippen molar-refractivity contribution in [2.75, 3.05) is 0 Å². The number of aromatic nitrogens is 1. The van der Waals surface area contributed by atoms with Gasteiger partial charge in [0.15, 0.2) is 0 Å². The topological polar surface area (TPSA) is 12.9 Å². The van der Waals surface area contributed by atoms with Crippen LogP contribution in [0.5, 0.6) is 0 Å². The molecule has 1 heterocycles. The van der Waals surface area contributed by atoms with E-state index in [0.29, 0.717) is 5.56 Å². The van der Waals surface area contributed by atoms with E-state index in [1.165, 1.54) is 0 Å². The van der Waals surface area contributed by atoms with Crippen LogP contribution in [0.25, 0.3) is 10.9 Å². The van der Waals surface area contributed by atoms with Crippen molar-refractivity contribution in [1.29, 1.82) is 0 Å². The molecule has 0 aliphatic rings. The molecule has 1 aromatic carbocycles. The molecule has 0 unspecified atom stereocenters. The number of rotatable bonds is 2. The highest BCUT2D eigenvalue weighted by Crippen LogP contribution is 2.33. The SMILES string of the molecule is FC(F)(F)SCc1ccc2ncccc2c1. The zero-order chi connectivity index (χ0) is 11.6. The molecule has 0 spiro atoms. The normalized spacial score (nSPS) is 11.9. The van der Waals surface area contributed by atoms with Gasteiger partial charge in [-0.2, -0.15) is 13.2 Å². The first-order valence-electron chi connectivity index (χ1n) is 4.59. The van der Waals surface area contributed by atoms with Gasteiger partial charge in [-0.05, 0) is 35.5 Å². The molecule has 0 aliphatic carbocycles. The van der Waals surface area contributed by atoms with Crippen LogP contribution in [-0.4, -0.2) is 10.5 Å². The number of nitrogens with zero attached hydrogens (tertiary/aromatic N) is 1. The van der Waals surface area contributed by atoms with Crippen LogP contribution in [0.1, 0.15) is 5.56 Å².